The quantitative estimate of drug-likeness (QED) is 0.446. The molecule has 0 radical (unpaired) electrons. The highest BCUT2D eigenvalue weighted by atomic mass is 79.9. The predicted octanol–water partition coefficient (Wildman–Crippen LogP) is 6.39. The molecule has 0 heterocycles. The van der Waals surface area contributed by atoms with Crippen molar-refractivity contribution in [3.8, 4) is 11.5 Å². The summed E-state index contributed by atoms with van der Waals surface area (Å²) in [6.45, 7) is 2.08. The van der Waals surface area contributed by atoms with Crippen molar-refractivity contribution in [1.29, 1.82) is 0 Å². The van der Waals surface area contributed by atoms with Crippen LogP contribution in [0.5, 0.6) is 11.5 Å². The average molecular weight is 479 g/mol. The van der Waals surface area contributed by atoms with Gasteiger partial charge in [0.25, 0.3) is 5.91 Å². The lowest BCUT2D eigenvalue weighted by Gasteiger charge is -2.13. The molecule has 3 aromatic carbocycles. The van der Waals surface area contributed by atoms with E-state index in [1.807, 2.05) is 13.0 Å². The van der Waals surface area contributed by atoms with E-state index < -0.39 is 11.7 Å². The second-order valence-electron chi connectivity index (χ2n) is 6.30. The summed E-state index contributed by atoms with van der Waals surface area (Å²) in [6, 6.07) is 14.8. The maximum absolute atomic E-state index is 14.0. The first kappa shape index (κ1) is 21.1. The lowest BCUT2D eigenvalue weighted by atomic mass is 10.1. The number of ether oxygens (including phenoxy) is 2. The van der Waals surface area contributed by atoms with Gasteiger partial charge in [0, 0.05) is 20.6 Å². The highest BCUT2D eigenvalue weighted by Crippen LogP contribution is 2.26. The summed E-state index contributed by atoms with van der Waals surface area (Å²) in [5, 5.41) is 3.24. The third-order valence-electron chi connectivity index (χ3n) is 4.25. The van der Waals surface area contributed by atoms with Crippen LogP contribution in [0.4, 0.5) is 10.1 Å². The zero-order chi connectivity index (χ0) is 21.0. The molecule has 0 saturated heterocycles. The van der Waals surface area contributed by atoms with E-state index in [9.17, 15) is 9.18 Å². The highest BCUT2D eigenvalue weighted by molar-refractivity contribution is 9.10. The zero-order valence-corrected chi connectivity index (χ0v) is 18.1. The Labute approximate surface area is 181 Å². The van der Waals surface area contributed by atoms with Gasteiger partial charge in [-0.15, -0.1) is 0 Å². The number of aryl methyl sites for hydroxylation is 1. The molecular formula is C22H18BrClFNO3. The molecule has 3 rings (SSSR count). The van der Waals surface area contributed by atoms with E-state index in [2.05, 4.69) is 21.2 Å². The molecule has 0 bridgehead atoms. The van der Waals surface area contributed by atoms with E-state index in [-0.39, 0.29) is 12.3 Å². The Kier molecular flexibility index (Phi) is 6.77. The topological polar surface area (TPSA) is 47.6 Å². The van der Waals surface area contributed by atoms with Crippen molar-refractivity contribution in [3.05, 3.63) is 86.6 Å². The van der Waals surface area contributed by atoms with Crippen LogP contribution in [0, 0.1) is 12.7 Å². The Morgan fingerprint density at radius 3 is 2.62 bits per heavy atom. The Bertz CT molecular complexity index is 1060. The van der Waals surface area contributed by atoms with Crippen LogP contribution in [0.15, 0.2) is 59.1 Å². The minimum Gasteiger partial charge on any atom is -0.496 e. The number of hydrogen-bond acceptors (Lipinski definition) is 3. The minimum atomic E-state index is -0.525. The number of hydrogen-bond donors (Lipinski definition) is 1. The first-order valence-corrected chi connectivity index (χ1v) is 9.86. The number of halogens is 3. The van der Waals surface area contributed by atoms with Crippen molar-refractivity contribution in [3.63, 3.8) is 0 Å². The summed E-state index contributed by atoms with van der Waals surface area (Å²) in [6.07, 6.45) is 0. The van der Waals surface area contributed by atoms with Crippen LogP contribution in [0.3, 0.4) is 0 Å². The molecule has 29 heavy (non-hydrogen) atoms. The van der Waals surface area contributed by atoms with Crippen LogP contribution in [0.25, 0.3) is 0 Å². The molecule has 0 aliphatic rings. The molecule has 0 atom stereocenters. The van der Waals surface area contributed by atoms with Crippen molar-refractivity contribution in [2.45, 2.75) is 13.5 Å². The molecule has 7 heteroatoms. The van der Waals surface area contributed by atoms with Gasteiger partial charge in [0.1, 0.15) is 23.9 Å². The van der Waals surface area contributed by atoms with Crippen molar-refractivity contribution >= 4 is 39.1 Å². The first-order chi connectivity index (χ1) is 13.9. The van der Waals surface area contributed by atoms with Crippen LogP contribution in [-0.2, 0) is 6.61 Å². The van der Waals surface area contributed by atoms with Crippen LogP contribution in [0.1, 0.15) is 21.5 Å². The fourth-order valence-electron chi connectivity index (χ4n) is 2.69. The van der Waals surface area contributed by atoms with Gasteiger partial charge in [-0.2, -0.15) is 0 Å². The molecule has 4 nitrogen and oxygen atoms in total. The molecule has 3 aromatic rings. The number of carbonyl (C=O) groups is 1. The lowest BCUT2D eigenvalue weighted by molar-refractivity contribution is 0.102. The number of carbonyl (C=O) groups excluding carboxylic acids is 1. The monoisotopic (exact) mass is 477 g/mol. The number of amides is 1. The van der Waals surface area contributed by atoms with Crippen molar-refractivity contribution in [2.24, 2.45) is 0 Å². The van der Waals surface area contributed by atoms with Gasteiger partial charge >= 0.3 is 0 Å². The smallest absolute Gasteiger partial charge is 0.255 e. The van der Waals surface area contributed by atoms with E-state index >= 15 is 0 Å². The number of anilines is 1. The molecule has 1 amide bonds. The van der Waals surface area contributed by atoms with Gasteiger partial charge in [0.15, 0.2) is 0 Å². The number of benzene rings is 3. The molecule has 0 aliphatic heterocycles. The van der Waals surface area contributed by atoms with Crippen LogP contribution < -0.4 is 14.8 Å². The van der Waals surface area contributed by atoms with Gasteiger partial charge in [0.2, 0.25) is 0 Å². The predicted molar refractivity (Wildman–Crippen MR) is 116 cm³/mol. The van der Waals surface area contributed by atoms with Crippen molar-refractivity contribution in [2.75, 3.05) is 12.4 Å². The van der Waals surface area contributed by atoms with E-state index in [4.69, 9.17) is 21.1 Å². The molecule has 0 aromatic heterocycles. The second-order valence-corrected chi connectivity index (χ2v) is 7.63. The summed E-state index contributed by atoms with van der Waals surface area (Å²) in [5.74, 6) is 0.281. The summed E-state index contributed by atoms with van der Waals surface area (Å²) in [7, 11) is 1.54. The van der Waals surface area contributed by atoms with Crippen LogP contribution >= 0.6 is 27.5 Å². The van der Waals surface area contributed by atoms with Crippen LogP contribution in [0.2, 0.25) is 5.02 Å². The van der Waals surface area contributed by atoms with Gasteiger partial charge in [-0.25, -0.2) is 4.39 Å². The molecule has 150 valence electrons. The van der Waals surface area contributed by atoms with Crippen molar-refractivity contribution in [1.82, 2.24) is 0 Å². The Morgan fingerprint density at radius 1 is 1.14 bits per heavy atom. The standard InChI is InChI=1S/C22H18BrClFNO3/c1-13-9-17(5-6-18(13)24)29-12-15-10-14(3-8-21(15)28-2)22(27)26-20-7-4-16(23)11-19(20)25/h3-11H,12H2,1-2H3,(H,26,27). The van der Waals surface area contributed by atoms with E-state index in [1.165, 1.54) is 12.1 Å². The second kappa shape index (κ2) is 9.29. The summed E-state index contributed by atoms with van der Waals surface area (Å²) < 4.78 is 25.8. The average Bonchev–Trinajstić information content (AvgIpc) is 2.70. The molecular weight excluding hydrogens is 461 g/mol. The van der Waals surface area contributed by atoms with Crippen LogP contribution in [-0.4, -0.2) is 13.0 Å². The Morgan fingerprint density at radius 2 is 1.93 bits per heavy atom. The molecule has 0 unspecified atom stereocenters. The molecule has 0 aliphatic carbocycles. The third kappa shape index (κ3) is 5.28. The largest absolute Gasteiger partial charge is 0.496 e. The highest BCUT2D eigenvalue weighted by Gasteiger charge is 2.13. The molecule has 1 N–H and O–H groups in total. The minimum absolute atomic E-state index is 0.100. The SMILES string of the molecule is COc1ccc(C(=O)Nc2ccc(Br)cc2F)cc1COc1ccc(Cl)c(C)c1. The molecule has 0 fully saturated rings. The zero-order valence-electron chi connectivity index (χ0n) is 15.8. The van der Waals surface area contributed by atoms with Gasteiger partial charge < -0.3 is 14.8 Å². The normalized spacial score (nSPS) is 10.5. The lowest BCUT2D eigenvalue weighted by Crippen LogP contribution is -2.14. The van der Waals surface area contributed by atoms with Gasteiger partial charge in [-0.05, 0) is 67.1 Å². The maximum atomic E-state index is 14.0. The maximum Gasteiger partial charge on any atom is 0.255 e. The number of methoxy groups -OCH3 is 1. The van der Waals surface area contributed by atoms with E-state index in [0.29, 0.717) is 32.1 Å². The summed E-state index contributed by atoms with van der Waals surface area (Å²) in [4.78, 5) is 12.6. The summed E-state index contributed by atoms with van der Waals surface area (Å²) >= 11 is 9.23. The van der Waals surface area contributed by atoms with Gasteiger partial charge in [-0.3, -0.25) is 4.79 Å². The first-order valence-electron chi connectivity index (χ1n) is 8.69. The van der Waals surface area contributed by atoms with E-state index in [1.54, 1.807) is 43.5 Å². The Balaban J connectivity index is 1.78. The molecule has 0 spiro atoms. The number of rotatable bonds is 6. The number of nitrogens with one attached hydrogen (secondary N) is 1. The molecule has 0 saturated carbocycles. The fourth-order valence-corrected chi connectivity index (χ4v) is 3.14. The Hall–Kier alpha value is -2.57. The van der Waals surface area contributed by atoms with Gasteiger partial charge in [-0.1, -0.05) is 27.5 Å². The van der Waals surface area contributed by atoms with Gasteiger partial charge in [0.05, 0.1) is 12.8 Å². The fraction of sp³-hybridized carbons (Fsp3) is 0.136. The van der Waals surface area contributed by atoms with E-state index in [0.717, 1.165) is 5.56 Å². The van der Waals surface area contributed by atoms with Crippen molar-refractivity contribution < 1.29 is 18.7 Å². The summed E-state index contributed by atoms with van der Waals surface area (Å²) in [5.41, 5.74) is 2.05. The third-order valence-corrected chi connectivity index (χ3v) is 5.16.